The molecule has 0 atom stereocenters. The average Bonchev–Trinajstić information content (AvgIpc) is 2.76. The molecular formula is C23H26N4O3. The number of carbonyl (C=O) groups is 1. The van der Waals surface area contributed by atoms with Crippen LogP contribution in [0, 0.1) is 6.92 Å². The number of carbonyl (C=O) groups excluding carboxylic acids is 1. The molecule has 3 rings (SSSR count). The minimum atomic E-state index is -0.454. The van der Waals surface area contributed by atoms with Crippen LogP contribution < -0.4 is 20.5 Å². The van der Waals surface area contributed by atoms with E-state index < -0.39 is 5.91 Å². The molecule has 156 valence electrons. The highest BCUT2D eigenvalue weighted by atomic mass is 16.5. The Balaban J connectivity index is 1.93. The average molecular weight is 406 g/mol. The molecule has 1 heterocycles. The van der Waals surface area contributed by atoms with Crippen LogP contribution in [-0.4, -0.2) is 35.9 Å². The summed E-state index contributed by atoms with van der Waals surface area (Å²) in [4.78, 5) is 27.7. The topological polar surface area (TPSA) is 76.5 Å². The lowest BCUT2D eigenvalue weighted by molar-refractivity contribution is 0.101. The SMILES string of the molecule is CCN(CC)c1ccc(NC(=O)c2nn(-c3ccccc3C)c(=O)cc2OC)cc1. The van der Waals surface area contributed by atoms with E-state index in [4.69, 9.17) is 4.74 Å². The number of amides is 1. The van der Waals surface area contributed by atoms with Gasteiger partial charge in [0.05, 0.1) is 18.9 Å². The highest BCUT2D eigenvalue weighted by Crippen LogP contribution is 2.20. The fourth-order valence-electron chi connectivity index (χ4n) is 3.26. The smallest absolute Gasteiger partial charge is 0.279 e. The van der Waals surface area contributed by atoms with Crippen LogP contribution in [0.4, 0.5) is 11.4 Å². The summed E-state index contributed by atoms with van der Waals surface area (Å²) in [5.41, 5.74) is 2.86. The van der Waals surface area contributed by atoms with E-state index in [1.165, 1.54) is 17.9 Å². The van der Waals surface area contributed by atoms with Gasteiger partial charge >= 0.3 is 0 Å². The van der Waals surface area contributed by atoms with Gasteiger partial charge in [0.1, 0.15) is 0 Å². The predicted octanol–water partition coefficient (Wildman–Crippen LogP) is 3.65. The van der Waals surface area contributed by atoms with Crippen LogP contribution in [0.25, 0.3) is 5.69 Å². The van der Waals surface area contributed by atoms with E-state index in [0.717, 1.165) is 24.3 Å². The molecule has 1 aromatic heterocycles. The normalized spacial score (nSPS) is 10.5. The summed E-state index contributed by atoms with van der Waals surface area (Å²) < 4.78 is 6.46. The predicted molar refractivity (Wildman–Crippen MR) is 119 cm³/mol. The highest BCUT2D eigenvalue weighted by Gasteiger charge is 2.19. The monoisotopic (exact) mass is 406 g/mol. The van der Waals surface area contributed by atoms with Crippen molar-refractivity contribution in [2.75, 3.05) is 30.4 Å². The Kier molecular flexibility index (Phi) is 6.51. The molecule has 0 aliphatic rings. The standard InChI is InChI=1S/C23H26N4O3/c1-5-26(6-2)18-13-11-17(12-14-18)24-23(29)22-20(30-4)15-21(28)27(25-22)19-10-8-7-9-16(19)3/h7-15H,5-6H2,1-4H3,(H,24,29). The van der Waals surface area contributed by atoms with E-state index in [0.29, 0.717) is 11.4 Å². The van der Waals surface area contributed by atoms with Crippen molar-refractivity contribution in [2.45, 2.75) is 20.8 Å². The maximum atomic E-state index is 12.9. The number of methoxy groups -OCH3 is 1. The van der Waals surface area contributed by atoms with E-state index in [9.17, 15) is 9.59 Å². The Bertz CT molecular complexity index is 1090. The number of para-hydroxylation sites is 1. The van der Waals surface area contributed by atoms with Gasteiger partial charge in [-0.25, -0.2) is 0 Å². The van der Waals surface area contributed by atoms with Crippen LogP contribution in [0.5, 0.6) is 5.75 Å². The summed E-state index contributed by atoms with van der Waals surface area (Å²) in [7, 11) is 1.41. The molecule has 7 heteroatoms. The van der Waals surface area contributed by atoms with Crippen LogP contribution in [0.2, 0.25) is 0 Å². The number of nitrogens with one attached hydrogen (secondary N) is 1. The lowest BCUT2D eigenvalue weighted by atomic mass is 10.2. The largest absolute Gasteiger partial charge is 0.494 e. The molecule has 0 unspecified atom stereocenters. The first-order chi connectivity index (χ1) is 14.5. The lowest BCUT2D eigenvalue weighted by Gasteiger charge is -2.21. The van der Waals surface area contributed by atoms with Crippen LogP contribution >= 0.6 is 0 Å². The summed E-state index contributed by atoms with van der Waals surface area (Å²) >= 11 is 0. The molecule has 0 aliphatic heterocycles. The quantitative estimate of drug-likeness (QED) is 0.648. The molecule has 2 aromatic carbocycles. The number of hydrogen-bond acceptors (Lipinski definition) is 5. The maximum Gasteiger partial charge on any atom is 0.279 e. The number of nitrogens with zero attached hydrogens (tertiary/aromatic N) is 3. The summed E-state index contributed by atoms with van der Waals surface area (Å²) in [5, 5.41) is 7.13. The molecule has 1 amide bonds. The van der Waals surface area contributed by atoms with Gasteiger partial charge in [-0.1, -0.05) is 18.2 Å². The second-order valence-corrected chi connectivity index (χ2v) is 6.77. The minimum absolute atomic E-state index is 0.0353. The minimum Gasteiger partial charge on any atom is -0.494 e. The van der Waals surface area contributed by atoms with Crippen molar-refractivity contribution in [3.8, 4) is 11.4 Å². The van der Waals surface area contributed by atoms with E-state index in [2.05, 4.69) is 29.2 Å². The zero-order valence-electron chi connectivity index (χ0n) is 17.7. The molecule has 0 spiro atoms. The Morgan fingerprint density at radius 1 is 1.10 bits per heavy atom. The first-order valence-corrected chi connectivity index (χ1v) is 9.89. The molecular weight excluding hydrogens is 380 g/mol. The van der Waals surface area contributed by atoms with Crippen molar-refractivity contribution in [1.29, 1.82) is 0 Å². The molecule has 3 aromatic rings. The van der Waals surface area contributed by atoms with Crippen molar-refractivity contribution in [3.05, 3.63) is 76.2 Å². The molecule has 0 aliphatic carbocycles. The fourth-order valence-corrected chi connectivity index (χ4v) is 3.26. The maximum absolute atomic E-state index is 12.9. The third kappa shape index (κ3) is 4.35. The Morgan fingerprint density at radius 3 is 2.37 bits per heavy atom. The highest BCUT2D eigenvalue weighted by molar-refractivity contribution is 6.04. The molecule has 7 nitrogen and oxygen atoms in total. The summed E-state index contributed by atoms with van der Waals surface area (Å²) in [5.74, 6) is -0.327. The van der Waals surface area contributed by atoms with Crippen LogP contribution in [-0.2, 0) is 0 Å². The Morgan fingerprint density at radius 2 is 1.77 bits per heavy atom. The number of rotatable bonds is 7. The molecule has 0 bridgehead atoms. The third-order valence-electron chi connectivity index (χ3n) is 4.93. The number of ether oxygens (including phenoxy) is 1. The fraction of sp³-hybridized carbons (Fsp3) is 0.261. The van der Waals surface area contributed by atoms with Gasteiger partial charge in [0, 0.05) is 24.5 Å². The van der Waals surface area contributed by atoms with Gasteiger partial charge < -0.3 is 15.0 Å². The van der Waals surface area contributed by atoms with Gasteiger partial charge in [-0.3, -0.25) is 9.59 Å². The van der Waals surface area contributed by atoms with Gasteiger partial charge in [-0.2, -0.15) is 9.78 Å². The molecule has 0 saturated heterocycles. The number of anilines is 2. The second kappa shape index (κ2) is 9.26. The van der Waals surface area contributed by atoms with E-state index >= 15 is 0 Å². The summed E-state index contributed by atoms with van der Waals surface area (Å²) in [6.45, 7) is 7.89. The van der Waals surface area contributed by atoms with Crippen molar-refractivity contribution in [3.63, 3.8) is 0 Å². The van der Waals surface area contributed by atoms with Crippen molar-refractivity contribution < 1.29 is 9.53 Å². The summed E-state index contributed by atoms with van der Waals surface area (Å²) in [6.07, 6.45) is 0. The summed E-state index contributed by atoms with van der Waals surface area (Å²) in [6, 6.07) is 16.2. The van der Waals surface area contributed by atoms with Gasteiger partial charge in [-0.15, -0.1) is 0 Å². The van der Waals surface area contributed by atoms with Gasteiger partial charge in [-0.05, 0) is 56.7 Å². The Labute approximate surface area is 175 Å². The van der Waals surface area contributed by atoms with Crippen molar-refractivity contribution in [2.24, 2.45) is 0 Å². The van der Waals surface area contributed by atoms with E-state index in [1.807, 2.05) is 49.4 Å². The molecule has 0 fully saturated rings. The Hall–Kier alpha value is -3.61. The van der Waals surface area contributed by atoms with Gasteiger partial charge in [0.2, 0.25) is 0 Å². The zero-order valence-corrected chi connectivity index (χ0v) is 17.7. The molecule has 30 heavy (non-hydrogen) atoms. The van der Waals surface area contributed by atoms with Crippen LogP contribution in [0.15, 0.2) is 59.4 Å². The van der Waals surface area contributed by atoms with Gasteiger partial charge in [0.25, 0.3) is 11.5 Å². The first kappa shape index (κ1) is 21.1. The third-order valence-corrected chi connectivity index (χ3v) is 4.93. The molecule has 0 saturated carbocycles. The van der Waals surface area contributed by atoms with Crippen molar-refractivity contribution in [1.82, 2.24) is 9.78 Å². The van der Waals surface area contributed by atoms with Crippen LogP contribution in [0.1, 0.15) is 29.9 Å². The van der Waals surface area contributed by atoms with Crippen molar-refractivity contribution >= 4 is 17.3 Å². The zero-order chi connectivity index (χ0) is 21.7. The van der Waals surface area contributed by atoms with Gasteiger partial charge in [0.15, 0.2) is 11.4 Å². The van der Waals surface area contributed by atoms with Crippen LogP contribution in [0.3, 0.4) is 0 Å². The lowest BCUT2D eigenvalue weighted by Crippen LogP contribution is -2.26. The number of aryl methyl sites for hydroxylation is 1. The molecule has 1 N–H and O–H groups in total. The van der Waals surface area contributed by atoms with E-state index in [-0.39, 0.29) is 17.0 Å². The van der Waals surface area contributed by atoms with E-state index in [1.54, 1.807) is 6.07 Å². The second-order valence-electron chi connectivity index (χ2n) is 6.77. The number of benzene rings is 2. The first-order valence-electron chi connectivity index (χ1n) is 9.89. The number of aromatic nitrogens is 2. The molecule has 0 radical (unpaired) electrons. The number of hydrogen-bond donors (Lipinski definition) is 1.